The van der Waals surface area contributed by atoms with Crippen LogP contribution in [0.3, 0.4) is 0 Å². The van der Waals surface area contributed by atoms with Crippen molar-refractivity contribution in [2.45, 2.75) is 13.5 Å². The Balaban J connectivity index is 1.62. The quantitative estimate of drug-likeness (QED) is 0.520. The zero-order valence-corrected chi connectivity index (χ0v) is 15.9. The van der Waals surface area contributed by atoms with E-state index in [1.165, 1.54) is 0 Å². The van der Waals surface area contributed by atoms with Crippen LogP contribution in [0, 0.1) is 0 Å². The Morgan fingerprint density at radius 3 is 2.76 bits per heavy atom. The first-order valence-electron chi connectivity index (χ1n) is 9.30. The second-order valence-corrected chi connectivity index (χ2v) is 6.22. The van der Waals surface area contributed by atoms with Gasteiger partial charge in [-0.25, -0.2) is 9.67 Å². The second-order valence-electron chi connectivity index (χ2n) is 6.22. The summed E-state index contributed by atoms with van der Waals surface area (Å²) in [5.74, 6) is 0.855. The maximum absolute atomic E-state index is 13.0. The van der Waals surface area contributed by atoms with Crippen molar-refractivity contribution in [1.82, 2.24) is 20.1 Å². The third-order valence-corrected chi connectivity index (χ3v) is 4.29. The smallest absolute Gasteiger partial charge is 0.270 e. The average molecular weight is 388 g/mol. The van der Waals surface area contributed by atoms with Crippen molar-refractivity contribution in [2.75, 3.05) is 6.61 Å². The topological polar surface area (TPSA) is 82.2 Å². The van der Waals surface area contributed by atoms with Gasteiger partial charge in [-0.05, 0) is 37.3 Å². The van der Waals surface area contributed by atoms with Gasteiger partial charge in [0.25, 0.3) is 5.91 Å². The zero-order valence-electron chi connectivity index (χ0n) is 15.9. The van der Waals surface area contributed by atoms with Gasteiger partial charge in [-0.15, -0.1) is 0 Å². The molecule has 3 heterocycles. The standard InChI is InChI=1S/C22H20N4O3/c1-2-28-22-16(8-6-12-23-22)15-24-21(27)19-14-18(20-11-7-13-29-20)25-26(19)17-9-4-3-5-10-17/h3-14H,2,15H2,1H3,(H,24,27). The van der Waals surface area contributed by atoms with E-state index >= 15 is 0 Å². The first-order valence-corrected chi connectivity index (χ1v) is 9.30. The molecule has 0 fully saturated rings. The fourth-order valence-corrected chi connectivity index (χ4v) is 2.94. The van der Waals surface area contributed by atoms with Crippen molar-refractivity contribution in [2.24, 2.45) is 0 Å². The summed E-state index contributed by atoms with van der Waals surface area (Å²) in [7, 11) is 0. The Hall–Kier alpha value is -3.87. The van der Waals surface area contributed by atoms with Crippen LogP contribution in [-0.4, -0.2) is 27.3 Å². The molecule has 0 atom stereocenters. The number of amides is 1. The molecule has 0 saturated carbocycles. The lowest BCUT2D eigenvalue weighted by atomic mass is 10.2. The van der Waals surface area contributed by atoms with Crippen molar-refractivity contribution >= 4 is 5.91 Å². The van der Waals surface area contributed by atoms with Gasteiger partial charge < -0.3 is 14.5 Å². The fraction of sp³-hybridized carbons (Fsp3) is 0.136. The third kappa shape index (κ3) is 4.03. The van der Waals surface area contributed by atoms with E-state index in [9.17, 15) is 4.79 Å². The Kier molecular flexibility index (Phi) is 5.38. The number of nitrogens with zero attached hydrogens (tertiary/aromatic N) is 3. The summed E-state index contributed by atoms with van der Waals surface area (Å²) in [5.41, 5.74) is 2.58. The molecule has 0 saturated heterocycles. The number of nitrogens with one attached hydrogen (secondary N) is 1. The summed E-state index contributed by atoms with van der Waals surface area (Å²) in [6.45, 7) is 2.69. The molecule has 1 N–H and O–H groups in total. The predicted molar refractivity (Wildman–Crippen MR) is 108 cm³/mol. The summed E-state index contributed by atoms with van der Waals surface area (Å²) in [6.07, 6.45) is 3.24. The van der Waals surface area contributed by atoms with Crippen LogP contribution in [0.2, 0.25) is 0 Å². The van der Waals surface area contributed by atoms with Crippen LogP contribution in [0.15, 0.2) is 77.5 Å². The summed E-state index contributed by atoms with van der Waals surface area (Å²) in [6, 6.07) is 18.5. The molecule has 1 amide bonds. The number of carbonyl (C=O) groups excluding carboxylic acids is 1. The van der Waals surface area contributed by atoms with Crippen LogP contribution in [0.1, 0.15) is 23.0 Å². The second kappa shape index (κ2) is 8.43. The highest BCUT2D eigenvalue weighted by Crippen LogP contribution is 2.22. The average Bonchev–Trinajstić information content (AvgIpc) is 3.44. The van der Waals surface area contributed by atoms with Crippen LogP contribution >= 0.6 is 0 Å². The van der Waals surface area contributed by atoms with Crippen molar-refractivity contribution in [1.29, 1.82) is 0 Å². The molecule has 1 aromatic carbocycles. The SMILES string of the molecule is CCOc1ncccc1CNC(=O)c1cc(-c2ccco2)nn1-c1ccccc1. The molecule has 0 spiro atoms. The van der Waals surface area contributed by atoms with Gasteiger partial charge in [0.1, 0.15) is 11.4 Å². The molecule has 0 radical (unpaired) electrons. The summed E-state index contributed by atoms with van der Waals surface area (Å²) >= 11 is 0. The molecule has 4 aromatic rings. The number of furan rings is 1. The number of pyridine rings is 1. The third-order valence-electron chi connectivity index (χ3n) is 4.29. The minimum Gasteiger partial charge on any atom is -0.478 e. The number of hydrogen-bond acceptors (Lipinski definition) is 5. The molecular weight excluding hydrogens is 368 g/mol. The molecule has 0 aliphatic carbocycles. The van der Waals surface area contributed by atoms with E-state index in [1.807, 2.05) is 55.5 Å². The first kappa shape index (κ1) is 18.5. The lowest BCUT2D eigenvalue weighted by molar-refractivity contribution is 0.0942. The Bertz CT molecular complexity index is 1090. The number of rotatable bonds is 7. The summed E-state index contributed by atoms with van der Waals surface area (Å²) in [5, 5.41) is 7.50. The molecule has 29 heavy (non-hydrogen) atoms. The van der Waals surface area contributed by atoms with E-state index in [2.05, 4.69) is 15.4 Å². The van der Waals surface area contributed by atoms with Gasteiger partial charge in [-0.3, -0.25) is 4.79 Å². The molecule has 0 bridgehead atoms. The zero-order chi connectivity index (χ0) is 20.1. The molecule has 0 aliphatic rings. The predicted octanol–water partition coefficient (Wildman–Crippen LogP) is 3.86. The van der Waals surface area contributed by atoms with Gasteiger partial charge in [-0.1, -0.05) is 24.3 Å². The number of aromatic nitrogens is 3. The molecule has 146 valence electrons. The highest BCUT2D eigenvalue weighted by molar-refractivity contribution is 5.94. The highest BCUT2D eigenvalue weighted by atomic mass is 16.5. The lowest BCUT2D eigenvalue weighted by Gasteiger charge is -2.11. The van der Waals surface area contributed by atoms with E-state index in [0.717, 1.165) is 11.3 Å². The number of hydrogen-bond donors (Lipinski definition) is 1. The maximum Gasteiger partial charge on any atom is 0.270 e. The number of benzene rings is 1. The van der Waals surface area contributed by atoms with Gasteiger partial charge in [0.05, 0.1) is 18.6 Å². The molecule has 7 nitrogen and oxygen atoms in total. The van der Waals surface area contributed by atoms with Gasteiger partial charge >= 0.3 is 0 Å². The lowest BCUT2D eigenvalue weighted by Crippen LogP contribution is -2.25. The molecule has 3 aromatic heterocycles. The van der Waals surface area contributed by atoms with Crippen LogP contribution in [0.25, 0.3) is 17.1 Å². The molecule has 4 rings (SSSR count). The van der Waals surface area contributed by atoms with Crippen LogP contribution in [0.4, 0.5) is 0 Å². The molecule has 7 heteroatoms. The largest absolute Gasteiger partial charge is 0.478 e. The minimum absolute atomic E-state index is 0.259. The summed E-state index contributed by atoms with van der Waals surface area (Å²) < 4.78 is 12.6. The number of carbonyl (C=O) groups is 1. The minimum atomic E-state index is -0.259. The normalized spacial score (nSPS) is 10.7. The number of para-hydroxylation sites is 1. The van der Waals surface area contributed by atoms with Gasteiger partial charge in [-0.2, -0.15) is 5.10 Å². The van der Waals surface area contributed by atoms with Crippen molar-refractivity contribution < 1.29 is 13.9 Å². The fourth-order valence-electron chi connectivity index (χ4n) is 2.94. The van der Waals surface area contributed by atoms with E-state index in [-0.39, 0.29) is 12.5 Å². The van der Waals surface area contributed by atoms with E-state index in [1.54, 1.807) is 29.3 Å². The maximum atomic E-state index is 13.0. The van der Waals surface area contributed by atoms with Gasteiger partial charge in [0, 0.05) is 24.4 Å². The van der Waals surface area contributed by atoms with Crippen molar-refractivity contribution in [3.05, 3.63) is 84.4 Å². The molecule has 0 aliphatic heterocycles. The van der Waals surface area contributed by atoms with Crippen LogP contribution in [-0.2, 0) is 6.54 Å². The molecule has 0 unspecified atom stereocenters. The monoisotopic (exact) mass is 388 g/mol. The van der Waals surface area contributed by atoms with Crippen molar-refractivity contribution in [3.63, 3.8) is 0 Å². The van der Waals surface area contributed by atoms with E-state index in [0.29, 0.717) is 29.6 Å². The highest BCUT2D eigenvalue weighted by Gasteiger charge is 2.19. The van der Waals surface area contributed by atoms with Crippen molar-refractivity contribution in [3.8, 4) is 23.0 Å². The number of ether oxygens (including phenoxy) is 1. The Morgan fingerprint density at radius 1 is 1.14 bits per heavy atom. The van der Waals surface area contributed by atoms with Gasteiger partial charge in [0.15, 0.2) is 5.76 Å². The Morgan fingerprint density at radius 2 is 2.00 bits per heavy atom. The van der Waals surface area contributed by atoms with E-state index < -0.39 is 0 Å². The van der Waals surface area contributed by atoms with E-state index in [4.69, 9.17) is 9.15 Å². The molecular formula is C22H20N4O3. The van der Waals surface area contributed by atoms with Crippen LogP contribution in [0.5, 0.6) is 5.88 Å². The van der Waals surface area contributed by atoms with Gasteiger partial charge in [0.2, 0.25) is 5.88 Å². The summed E-state index contributed by atoms with van der Waals surface area (Å²) in [4.78, 5) is 17.2. The van der Waals surface area contributed by atoms with Crippen LogP contribution < -0.4 is 10.1 Å². The first-order chi connectivity index (χ1) is 14.3. The Labute approximate surface area is 168 Å².